The van der Waals surface area contributed by atoms with Crippen LogP contribution in [0.15, 0.2) is 24.3 Å². The number of rotatable bonds is 1. The molecule has 0 N–H and O–H groups in total. The molecule has 16 heavy (non-hydrogen) atoms. The van der Waals surface area contributed by atoms with E-state index in [0.29, 0.717) is 11.5 Å². The van der Waals surface area contributed by atoms with Crippen LogP contribution in [-0.4, -0.2) is 23.5 Å². The summed E-state index contributed by atoms with van der Waals surface area (Å²) < 4.78 is 0. The lowest BCUT2D eigenvalue weighted by Crippen LogP contribution is -2.39. The van der Waals surface area contributed by atoms with Crippen LogP contribution >= 0.6 is 11.6 Å². The maximum Gasteiger partial charge on any atom is 0.0406 e. The van der Waals surface area contributed by atoms with E-state index >= 15 is 0 Å². The van der Waals surface area contributed by atoms with Gasteiger partial charge in [0, 0.05) is 17.1 Å². The SMILES string of the molecule is CC(C)(C)N1CCC(c2ccc(Cl)cc2)C1. The van der Waals surface area contributed by atoms with Crippen LogP contribution in [0.1, 0.15) is 38.7 Å². The minimum Gasteiger partial charge on any atom is -0.298 e. The Bertz CT molecular complexity index is 350. The van der Waals surface area contributed by atoms with Crippen LogP contribution in [0.25, 0.3) is 0 Å². The minimum absolute atomic E-state index is 0.293. The minimum atomic E-state index is 0.293. The average Bonchev–Trinajstić information content (AvgIpc) is 2.67. The molecule has 0 saturated carbocycles. The molecule has 0 bridgehead atoms. The Morgan fingerprint density at radius 2 is 1.81 bits per heavy atom. The summed E-state index contributed by atoms with van der Waals surface area (Å²) in [6.45, 7) is 9.24. The van der Waals surface area contributed by atoms with Crippen molar-refractivity contribution < 1.29 is 0 Å². The number of hydrogen-bond donors (Lipinski definition) is 0. The zero-order valence-electron chi connectivity index (χ0n) is 10.3. The first kappa shape index (κ1) is 11.9. The van der Waals surface area contributed by atoms with Gasteiger partial charge in [0.15, 0.2) is 0 Å². The second kappa shape index (κ2) is 4.38. The van der Waals surface area contributed by atoms with Crippen LogP contribution < -0.4 is 0 Å². The second-order valence-corrected chi connectivity index (χ2v) is 6.09. The molecule has 1 aliphatic rings. The molecule has 1 aromatic carbocycles. The van der Waals surface area contributed by atoms with Crippen molar-refractivity contribution in [3.63, 3.8) is 0 Å². The van der Waals surface area contributed by atoms with Gasteiger partial charge in [-0.3, -0.25) is 4.90 Å². The molecule has 88 valence electrons. The lowest BCUT2D eigenvalue weighted by atomic mass is 9.98. The molecule has 1 fully saturated rings. The maximum atomic E-state index is 5.91. The molecular weight excluding hydrogens is 218 g/mol. The zero-order chi connectivity index (χ0) is 11.8. The number of halogens is 1. The lowest BCUT2D eigenvalue weighted by molar-refractivity contribution is 0.173. The topological polar surface area (TPSA) is 3.24 Å². The smallest absolute Gasteiger partial charge is 0.0406 e. The molecule has 1 unspecified atom stereocenters. The highest BCUT2D eigenvalue weighted by Crippen LogP contribution is 2.31. The van der Waals surface area contributed by atoms with E-state index < -0.39 is 0 Å². The summed E-state index contributed by atoms with van der Waals surface area (Å²) in [6.07, 6.45) is 1.26. The van der Waals surface area contributed by atoms with Crippen LogP contribution in [0.4, 0.5) is 0 Å². The van der Waals surface area contributed by atoms with Gasteiger partial charge in [-0.25, -0.2) is 0 Å². The Balaban J connectivity index is 2.06. The van der Waals surface area contributed by atoms with E-state index in [1.807, 2.05) is 12.1 Å². The third kappa shape index (κ3) is 2.58. The fraction of sp³-hybridized carbons (Fsp3) is 0.571. The molecule has 1 atom stereocenters. The van der Waals surface area contributed by atoms with Gasteiger partial charge in [0.05, 0.1) is 0 Å². The fourth-order valence-corrected chi connectivity index (χ4v) is 2.50. The molecule has 0 radical (unpaired) electrons. The van der Waals surface area contributed by atoms with Crippen molar-refractivity contribution in [1.29, 1.82) is 0 Å². The predicted molar refractivity (Wildman–Crippen MR) is 70.1 cm³/mol. The van der Waals surface area contributed by atoms with Crippen molar-refractivity contribution in [2.24, 2.45) is 0 Å². The summed E-state index contributed by atoms with van der Waals surface area (Å²) in [5, 5.41) is 0.828. The van der Waals surface area contributed by atoms with Crippen LogP contribution in [0.2, 0.25) is 5.02 Å². The third-order valence-corrected chi connectivity index (χ3v) is 3.73. The molecule has 1 aromatic rings. The standard InChI is InChI=1S/C14H20ClN/c1-14(2,3)16-9-8-12(10-16)11-4-6-13(15)7-5-11/h4-7,12H,8-10H2,1-3H3. The molecule has 1 nitrogen and oxygen atoms in total. The number of likely N-dealkylation sites (tertiary alicyclic amines) is 1. The summed E-state index contributed by atoms with van der Waals surface area (Å²) in [5.74, 6) is 0.677. The fourth-order valence-electron chi connectivity index (χ4n) is 2.38. The maximum absolute atomic E-state index is 5.91. The van der Waals surface area contributed by atoms with E-state index in [4.69, 9.17) is 11.6 Å². The zero-order valence-corrected chi connectivity index (χ0v) is 11.1. The monoisotopic (exact) mass is 237 g/mol. The van der Waals surface area contributed by atoms with Crippen molar-refractivity contribution in [2.75, 3.05) is 13.1 Å². The highest BCUT2D eigenvalue weighted by Gasteiger charge is 2.30. The molecule has 0 amide bonds. The van der Waals surface area contributed by atoms with Crippen LogP contribution in [0.3, 0.4) is 0 Å². The molecule has 2 heteroatoms. The Hall–Kier alpha value is -0.530. The molecule has 0 aromatic heterocycles. The Kier molecular flexibility index (Phi) is 3.27. The van der Waals surface area contributed by atoms with Gasteiger partial charge in [0.2, 0.25) is 0 Å². The summed E-state index contributed by atoms with van der Waals surface area (Å²) >= 11 is 5.91. The van der Waals surface area contributed by atoms with E-state index in [9.17, 15) is 0 Å². The highest BCUT2D eigenvalue weighted by molar-refractivity contribution is 6.30. The van der Waals surface area contributed by atoms with Crippen LogP contribution in [0.5, 0.6) is 0 Å². The second-order valence-electron chi connectivity index (χ2n) is 5.65. The third-order valence-electron chi connectivity index (χ3n) is 3.48. The van der Waals surface area contributed by atoms with Gasteiger partial charge in [-0.05, 0) is 57.4 Å². The molecule has 1 heterocycles. The van der Waals surface area contributed by atoms with Crippen LogP contribution in [0, 0.1) is 0 Å². The summed E-state index contributed by atoms with van der Waals surface area (Å²) in [7, 11) is 0. The van der Waals surface area contributed by atoms with Crippen molar-refractivity contribution >= 4 is 11.6 Å². The van der Waals surface area contributed by atoms with Gasteiger partial charge < -0.3 is 0 Å². The molecule has 1 saturated heterocycles. The quantitative estimate of drug-likeness (QED) is 0.716. The summed E-state index contributed by atoms with van der Waals surface area (Å²) in [6, 6.07) is 8.32. The first-order valence-corrected chi connectivity index (χ1v) is 6.35. The summed E-state index contributed by atoms with van der Waals surface area (Å²) in [4.78, 5) is 2.56. The van der Waals surface area contributed by atoms with E-state index in [-0.39, 0.29) is 0 Å². The van der Waals surface area contributed by atoms with Crippen LogP contribution in [-0.2, 0) is 0 Å². The Morgan fingerprint density at radius 3 is 2.31 bits per heavy atom. The van der Waals surface area contributed by atoms with Gasteiger partial charge in [-0.2, -0.15) is 0 Å². The van der Waals surface area contributed by atoms with Gasteiger partial charge in [-0.15, -0.1) is 0 Å². The number of nitrogens with zero attached hydrogens (tertiary/aromatic N) is 1. The van der Waals surface area contributed by atoms with Gasteiger partial charge in [0.25, 0.3) is 0 Å². The van der Waals surface area contributed by atoms with E-state index in [1.54, 1.807) is 0 Å². The lowest BCUT2D eigenvalue weighted by Gasteiger charge is -2.31. The van der Waals surface area contributed by atoms with Crippen molar-refractivity contribution in [1.82, 2.24) is 4.90 Å². The Labute approximate surface area is 103 Å². The summed E-state index contributed by atoms with van der Waals surface area (Å²) in [5.41, 5.74) is 1.72. The van der Waals surface area contributed by atoms with Gasteiger partial charge >= 0.3 is 0 Å². The molecular formula is C14H20ClN. The van der Waals surface area contributed by atoms with E-state index in [1.165, 1.54) is 25.1 Å². The highest BCUT2D eigenvalue weighted by atomic mass is 35.5. The van der Waals surface area contributed by atoms with Crippen molar-refractivity contribution in [3.8, 4) is 0 Å². The number of hydrogen-bond acceptors (Lipinski definition) is 1. The molecule has 1 aliphatic heterocycles. The van der Waals surface area contributed by atoms with E-state index in [2.05, 4.69) is 37.8 Å². The normalized spacial score (nSPS) is 22.6. The molecule has 0 spiro atoms. The van der Waals surface area contributed by atoms with E-state index in [0.717, 1.165) is 5.02 Å². The predicted octanol–water partition coefficient (Wildman–Crippen LogP) is 3.93. The first-order valence-electron chi connectivity index (χ1n) is 5.97. The van der Waals surface area contributed by atoms with Gasteiger partial charge in [0.1, 0.15) is 0 Å². The largest absolute Gasteiger partial charge is 0.298 e. The first-order chi connectivity index (χ1) is 7.47. The van der Waals surface area contributed by atoms with Crippen molar-refractivity contribution in [2.45, 2.75) is 38.6 Å². The average molecular weight is 238 g/mol. The van der Waals surface area contributed by atoms with Gasteiger partial charge in [-0.1, -0.05) is 23.7 Å². The van der Waals surface area contributed by atoms with Crippen molar-refractivity contribution in [3.05, 3.63) is 34.9 Å². The molecule has 2 rings (SSSR count). The Morgan fingerprint density at radius 1 is 1.19 bits per heavy atom. The number of benzene rings is 1. The molecule has 0 aliphatic carbocycles.